The number of nitro groups is 1. The fraction of sp³-hybridized carbons (Fsp3) is 0.240. The van der Waals surface area contributed by atoms with E-state index in [9.17, 15) is 14.9 Å². The van der Waals surface area contributed by atoms with Gasteiger partial charge in [0.05, 0.1) is 25.7 Å². The maximum absolute atomic E-state index is 12.2. The average Bonchev–Trinajstić information content (AvgIpc) is 3.57. The lowest BCUT2D eigenvalue weighted by atomic mass is 10.0. The SMILES string of the molecule is COc1cccc([C@@H]2C(COC(=O)Oc3ccc([N+](=O)[O-])cc3)[C@@H]2c2cccc(OC)c2)c1. The highest BCUT2D eigenvalue weighted by Gasteiger charge is 2.52. The average molecular weight is 449 g/mol. The van der Waals surface area contributed by atoms with Crippen LogP contribution in [0.5, 0.6) is 17.2 Å². The predicted octanol–water partition coefficient (Wildman–Crippen LogP) is 5.32. The summed E-state index contributed by atoms with van der Waals surface area (Å²) in [6, 6.07) is 21.0. The first-order chi connectivity index (χ1) is 16.0. The highest BCUT2D eigenvalue weighted by atomic mass is 16.7. The summed E-state index contributed by atoms with van der Waals surface area (Å²) in [6.45, 7) is 0.162. The molecule has 0 bridgehead atoms. The van der Waals surface area contributed by atoms with Crippen molar-refractivity contribution in [1.29, 1.82) is 0 Å². The number of hydrogen-bond donors (Lipinski definition) is 0. The first kappa shape index (κ1) is 22.1. The lowest BCUT2D eigenvalue weighted by molar-refractivity contribution is -0.384. The maximum Gasteiger partial charge on any atom is 0.513 e. The fourth-order valence-corrected chi connectivity index (χ4v) is 4.11. The Labute approximate surface area is 190 Å². The van der Waals surface area contributed by atoms with Gasteiger partial charge in [-0.2, -0.15) is 0 Å². The Balaban J connectivity index is 1.46. The van der Waals surface area contributed by atoms with Gasteiger partial charge in [-0.05, 0) is 59.4 Å². The van der Waals surface area contributed by atoms with Crippen LogP contribution in [-0.4, -0.2) is 31.9 Å². The number of nitrogens with zero attached hydrogens (tertiary/aromatic N) is 1. The van der Waals surface area contributed by atoms with E-state index in [4.69, 9.17) is 18.9 Å². The van der Waals surface area contributed by atoms with Gasteiger partial charge in [-0.1, -0.05) is 24.3 Å². The van der Waals surface area contributed by atoms with Crippen molar-refractivity contribution >= 4 is 11.8 Å². The number of hydrogen-bond acceptors (Lipinski definition) is 7. The Bertz CT molecular complexity index is 1090. The fourth-order valence-electron chi connectivity index (χ4n) is 4.11. The maximum atomic E-state index is 12.2. The summed E-state index contributed by atoms with van der Waals surface area (Å²) in [4.78, 5) is 22.5. The van der Waals surface area contributed by atoms with E-state index in [1.165, 1.54) is 24.3 Å². The van der Waals surface area contributed by atoms with E-state index in [-0.39, 0.29) is 35.8 Å². The standard InChI is InChI=1S/C25H23NO7/c1-30-20-7-3-5-16(13-20)23-22(24(23)17-6-4-8-21(14-17)31-2)15-32-25(27)33-19-11-9-18(10-12-19)26(28)29/h3-14,22-24H,15H2,1-2H3/t22?,23-,24+. The lowest BCUT2D eigenvalue weighted by Crippen LogP contribution is -2.13. The lowest BCUT2D eigenvalue weighted by Gasteiger charge is -2.06. The quantitative estimate of drug-likeness (QED) is 0.199. The zero-order chi connectivity index (χ0) is 23.4. The first-order valence-corrected chi connectivity index (χ1v) is 10.4. The minimum atomic E-state index is -0.857. The molecule has 0 N–H and O–H groups in total. The van der Waals surface area contributed by atoms with Crippen LogP contribution in [0.3, 0.4) is 0 Å². The molecule has 4 rings (SSSR count). The van der Waals surface area contributed by atoms with E-state index < -0.39 is 11.1 Å². The Kier molecular flexibility index (Phi) is 6.44. The van der Waals surface area contributed by atoms with Crippen molar-refractivity contribution in [2.45, 2.75) is 11.8 Å². The number of carbonyl (C=O) groups excluding carboxylic acids is 1. The summed E-state index contributed by atoms with van der Waals surface area (Å²) in [5.41, 5.74) is 2.11. The third kappa shape index (κ3) is 5.06. The van der Waals surface area contributed by atoms with Gasteiger partial charge in [0.15, 0.2) is 0 Å². The molecule has 1 saturated carbocycles. The molecule has 3 atom stereocenters. The van der Waals surface area contributed by atoms with Crippen LogP contribution in [0.4, 0.5) is 10.5 Å². The molecule has 0 aliphatic heterocycles. The molecule has 1 aliphatic rings. The summed E-state index contributed by atoms with van der Waals surface area (Å²) < 4.78 is 21.3. The van der Waals surface area contributed by atoms with Crippen molar-refractivity contribution in [3.8, 4) is 17.2 Å². The molecule has 3 aromatic rings. The number of ether oxygens (including phenoxy) is 4. The molecule has 0 aromatic heterocycles. The molecule has 170 valence electrons. The molecule has 1 unspecified atom stereocenters. The highest BCUT2D eigenvalue weighted by molar-refractivity contribution is 5.64. The minimum absolute atomic E-state index is 0.0497. The summed E-state index contributed by atoms with van der Waals surface area (Å²) in [7, 11) is 3.25. The monoisotopic (exact) mass is 449 g/mol. The second-order valence-corrected chi connectivity index (χ2v) is 7.68. The molecule has 33 heavy (non-hydrogen) atoms. The second kappa shape index (κ2) is 9.60. The van der Waals surface area contributed by atoms with Crippen LogP contribution < -0.4 is 14.2 Å². The molecule has 3 aromatic carbocycles. The molecule has 1 fully saturated rings. The Morgan fingerprint density at radius 3 is 1.88 bits per heavy atom. The van der Waals surface area contributed by atoms with Crippen molar-refractivity contribution in [3.63, 3.8) is 0 Å². The van der Waals surface area contributed by atoms with Crippen LogP contribution in [0.15, 0.2) is 72.8 Å². The molecule has 0 spiro atoms. The van der Waals surface area contributed by atoms with Gasteiger partial charge in [0, 0.05) is 18.1 Å². The predicted molar refractivity (Wildman–Crippen MR) is 120 cm³/mol. The van der Waals surface area contributed by atoms with Crippen molar-refractivity contribution in [3.05, 3.63) is 94.0 Å². The molecule has 0 amide bonds. The van der Waals surface area contributed by atoms with E-state index in [1.807, 2.05) is 48.5 Å². The number of rotatable bonds is 8. The largest absolute Gasteiger partial charge is 0.513 e. The molecule has 0 heterocycles. The molecule has 8 nitrogen and oxygen atoms in total. The molecular weight excluding hydrogens is 426 g/mol. The topological polar surface area (TPSA) is 97.1 Å². The van der Waals surface area contributed by atoms with Gasteiger partial charge in [-0.15, -0.1) is 0 Å². The first-order valence-electron chi connectivity index (χ1n) is 10.4. The van der Waals surface area contributed by atoms with Crippen LogP contribution in [0.1, 0.15) is 23.0 Å². The molecule has 0 radical (unpaired) electrons. The summed E-state index contributed by atoms with van der Waals surface area (Å²) in [5, 5.41) is 10.8. The highest BCUT2D eigenvalue weighted by Crippen LogP contribution is 2.61. The molecule has 0 saturated heterocycles. The molecule has 8 heteroatoms. The molecule has 1 aliphatic carbocycles. The summed E-state index contributed by atoms with van der Waals surface area (Å²) >= 11 is 0. The van der Waals surface area contributed by atoms with Gasteiger partial charge < -0.3 is 18.9 Å². The zero-order valence-electron chi connectivity index (χ0n) is 18.2. The van der Waals surface area contributed by atoms with E-state index in [0.29, 0.717) is 0 Å². The Hall–Kier alpha value is -4.07. The summed E-state index contributed by atoms with van der Waals surface area (Å²) in [5.74, 6) is 2.03. The van der Waals surface area contributed by atoms with Gasteiger partial charge in [0.2, 0.25) is 0 Å². The van der Waals surface area contributed by atoms with Crippen LogP contribution >= 0.6 is 0 Å². The van der Waals surface area contributed by atoms with Gasteiger partial charge >= 0.3 is 6.16 Å². The second-order valence-electron chi connectivity index (χ2n) is 7.68. The normalized spacial score (nSPS) is 18.8. The van der Waals surface area contributed by atoms with Gasteiger partial charge in [-0.25, -0.2) is 4.79 Å². The third-order valence-corrected chi connectivity index (χ3v) is 5.77. The van der Waals surface area contributed by atoms with E-state index in [1.54, 1.807) is 14.2 Å². The van der Waals surface area contributed by atoms with Crippen LogP contribution in [0.2, 0.25) is 0 Å². The van der Waals surface area contributed by atoms with Crippen molar-refractivity contribution in [2.75, 3.05) is 20.8 Å². The van der Waals surface area contributed by atoms with Crippen molar-refractivity contribution in [1.82, 2.24) is 0 Å². The Morgan fingerprint density at radius 2 is 1.39 bits per heavy atom. The number of non-ortho nitro benzene ring substituents is 1. The van der Waals surface area contributed by atoms with Crippen LogP contribution in [0, 0.1) is 16.0 Å². The minimum Gasteiger partial charge on any atom is -0.497 e. The van der Waals surface area contributed by atoms with Crippen LogP contribution in [-0.2, 0) is 4.74 Å². The van der Waals surface area contributed by atoms with Gasteiger partial charge in [0.1, 0.15) is 17.2 Å². The van der Waals surface area contributed by atoms with Gasteiger partial charge in [-0.3, -0.25) is 10.1 Å². The number of carbonyl (C=O) groups is 1. The van der Waals surface area contributed by atoms with Gasteiger partial charge in [0.25, 0.3) is 5.69 Å². The summed E-state index contributed by atoms with van der Waals surface area (Å²) in [6.07, 6.45) is -0.857. The van der Waals surface area contributed by atoms with E-state index >= 15 is 0 Å². The molecular formula is C25H23NO7. The van der Waals surface area contributed by atoms with Crippen molar-refractivity contribution < 1.29 is 28.7 Å². The number of benzene rings is 3. The number of methoxy groups -OCH3 is 2. The Morgan fingerprint density at radius 1 is 0.848 bits per heavy atom. The zero-order valence-corrected chi connectivity index (χ0v) is 18.2. The van der Waals surface area contributed by atoms with Crippen molar-refractivity contribution in [2.24, 2.45) is 5.92 Å². The van der Waals surface area contributed by atoms with E-state index in [2.05, 4.69) is 0 Å². The van der Waals surface area contributed by atoms with Crippen LogP contribution in [0.25, 0.3) is 0 Å². The smallest absolute Gasteiger partial charge is 0.497 e. The number of nitro benzene ring substituents is 1. The van der Waals surface area contributed by atoms with E-state index in [0.717, 1.165) is 22.6 Å². The third-order valence-electron chi connectivity index (χ3n) is 5.77.